The topological polar surface area (TPSA) is 102 Å². The summed E-state index contributed by atoms with van der Waals surface area (Å²) in [6.07, 6.45) is -0.188. The van der Waals surface area contributed by atoms with Crippen LogP contribution in [-0.2, 0) is 19.1 Å². The zero-order valence-electron chi connectivity index (χ0n) is 13.1. The molecule has 1 aromatic carbocycles. The van der Waals surface area contributed by atoms with Gasteiger partial charge in [-0.1, -0.05) is 0 Å². The Labute approximate surface area is 139 Å². The van der Waals surface area contributed by atoms with Crippen molar-refractivity contribution in [3.8, 4) is 0 Å². The van der Waals surface area contributed by atoms with Gasteiger partial charge in [0.25, 0.3) is 5.91 Å². The number of hydrogen-bond donors (Lipinski definition) is 1. The number of morpholine rings is 1. The lowest BCUT2D eigenvalue weighted by Crippen LogP contribution is -2.41. The fraction of sp³-hybridized carbons (Fsp3) is 0.438. The molecule has 24 heavy (non-hydrogen) atoms. The number of ether oxygens (including phenoxy) is 2. The maximum atomic E-state index is 12.0. The van der Waals surface area contributed by atoms with Gasteiger partial charge in [0.15, 0.2) is 0 Å². The van der Waals surface area contributed by atoms with Gasteiger partial charge in [-0.2, -0.15) is 0 Å². The quantitative estimate of drug-likeness (QED) is 0.852. The monoisotopic (exact) mass is 333 g/mol. The number of hydrogen-bond acceptors (Lipinski definition) is 5. The highest BCUT2D eigenvalue weighted by Gasteiger charge is 2.32. The van der Waals surface area contributed by atoms with Crippen LogP contribution in [0.5, 0.6) is 0 Å². The minimum atomic E-state index is -0.445. The molecule has 2 aliphatic rings. The van der Waals surface area contributed by atoms with E-state index in [1.54, 1.807) is 29.2 Å². The van der Waals surface area contributed by atoms with Crippen molar-refractivity contribution < 1.29 is 23.9 Å². The van der Waals surface area contributed by atoms with Crippen molar-refractivity contribution in [1.82, 2.24) is 0 Å². The van der Waals surface area contributed by atoms with Crippen LogP contribution in [0.3, 0.4) is 0 Å². The fourth-order valence-corrected chi connectivity index (χ4v) is 2.79. The van der Waals surface area contributed by atoms with E-state index in [1.165, 1.54) is 4.90 Å². The zero-order valence-corrected chi connectivity index (χ0v) is 13.1. The number of rotatable bonds is 5. The van der Waals surface area contributed by atoms with Crippen molar-refractivity contribution in [2.24, 2.45) is 5.73 Å². The first-order chi connectivity index (χ1) is 11.5. The molecule has 128 valence electrons. The molecule has 2 aliphatic heterocycles. The summed E-state index contributed by atoms with van der Waals surface area (Å²) in [6, 6.07) is 7.14. The summed E-state index contributed by atoms with van der Waals surface area (Å²) in [5.74, 6) is -0.495. The molecule has 2 heterocycles. The second-order valence-electron chi connectivity index (χ2n) is 5.74. The Morgan fingerprint density at radius 3 is 2.46 bits per heavy atom. The molecule has 0 bridgehead atoms. The second kappa shape index (κ2) is 6.88. The van der Waals surface area contributed by atoms with Gasteiger partial charge in [0.05, 0.1) is 13.2 Å². The fourth-order valence-electron chi connectivity index (χ4n) is 2.79. The predicted molar refractivity (Wildman–Crippen MR) is 85.7 cm³/mol. The molecule has 0 radical (unpaired) electrons. The molecule has 0 aromatic heterocycles. The van der Waals surface area contributed by atoms with Crippen molar-refractivity contribution in [1.29, 1.82) is 0 Å². The SMILES string of the molecule is NC(=O)CCC1CN(c2ccc(N3CCOCC3=O)cc2)C(=O)O1. The maximum absolute atomic E-state index is 12.0. The van der Waals surface area contributed by atoms with Gasteiger partial charge in [-0.15, -0.1) is 0 Å². The smallest absolute Gasteiger partial charge is 0.414 e. The number of primary amides is 1. The van der Waals surface area contributed by atoms with E-state index in [2.05, 4.69) is 0 Å². The van der Waals surface area contributed by atoms with Crippen LogP contribution in [0.4, 0.5) is 16.2 Å². The van der Waals surface area contributed by atoms with Gasteiger partial charge in [0, 0.05) is 24.3 Å². The maximum Gasteiger partial charge on any atom is 0.414 e. The van der Waals surface area contributed by atoms with Crippen molar-refractivity contribution in [2.45, 2.75) is 18.9 Å². The van der Waals surface area contributed by atoms with Crippen LogP contribution in [0.15, 0.2) is 24.3 Å². The molecule has 1 atom stereocenters. The molecule has 1 aromatic rings. The molecule has 2 N–H and O–H groups in total. The van der Waals surface area contributed by atoms with E-state index in [9.17, 15) is 14.4 Å². The van der Waals surface area contributed by atoms with Gasteiger partial charge >= 0.3 is 6.09 Å². The Balaban J connectivity index is 1.66. The van der Waals surface area contributed by atoms with Crippen LogP contribution in [-0.4, -0.2) is 50.3 Å². The number of nitrogens with zero attached hydrogens (tertiary/aromatic N) is 2. The largest absolute Gasteiger partial charge is 0.444 e. The van der Waals surface area contributed by atoms with E-state index < -0.39 is 12.0 Å². The molecule has 2 saturated heterocycles. The molecule has 0 saturated carbocycles. The van der Waals surface area contributed by atoms with E-state index in [-0.39, 0.29) is 25.0 Å². The number of nitrogens with two attached hydrogens (primary N) is 1. The Kier molecular flexibility index (Phi) is 4.66. The minimum absolute atomic E-state index is 0.0823. The van der Waals surface area contributed by atoms with E-state index >= 15 is 0 Å². The van der Waals surface area contributed by atoms with Crippen molar-refractivity contribution in [2.75, 3.05) is 36.1 Å². The minimum Gasteiger partial charge on any atom is -0.444 e. The number of amides is 3. The lowest BCUT2D eigenvalue weighted by Gasteiger charge is -2.27. The van der Waals surface area contributed by atoms with Gasteiger partial charge in [0.2, 0.25) is 5.91 Å². The molecule has 0 spiro atoms. The van der Waals surface area contributed by atoms with Gasteiger partial charge in [-0.05, 0) is 30.7 Å². The summed E-state index contributed by atoms with van der Waals surface area (Å²) in [5, 5.41) is 0. The zero-order chi connectivity index (χ0) is 17.1. The standard InChI is InChI=1S/C16H19N3O5/c17-14(20)6-5-13-9-19(16(22)24-13)12-3-1-11(2-4-12)18-7-8-23-10-15(18)21/h1-4,13H,5-10H2,(H2,17,20). The van der Waals surface area contributed by atoms with Crippen LogP contribution in [0.1, 0.15) is 12.8 Å². The molecule has 3 amide bonds. The van der Waals surface area contributed by atoms with Crippen LogP contribution in [0.2, 0.25) is 0 Å². The summed E-state index contributed by atoms with van der Waals surface area (Å²) >= 11 is 0. The number of carbonyl (C=O) groups excluding carboxylic acids is 3. The number of benzene rings is 1. The van der Waals surface area contributed by atoms with Crippen LogP contribution < -0.4 is 15.5 Å². The molecule has 3 rings (SSSR count). The Morgan fingerprint density at radius 1 is 1.17 bits per heavy atom. The third-order valence-corrected chi connectivity index (χ3v) is 4.05. The van der Waals surface area contributed by atoms with Gasteiger partial charge in [0.1, 0.15) is 12.7 Å². The van der Waals surface area contributed by atoms with E-state index in [4.69, 9.17) is 15.2 Å². The molecular weight excluding hydrogens is 314 g/mol. The number of anilines is 2. The van der Waals surface area contributed by atoms with Gasteiger partial charge in [-0.3, -0.25) is 14.5 Å². The normalized spacial score (nSPS) is 21.1. The van der Waals surface area contributed by atoms with E-state index in [1.807, 2.05) is 0 Å². The Bertz CT molecular complexity index is 646. The molecule has 0 aliphatic carbocycles. The predicted octanol–water partition coefficient (Wildman–Crippen LogP) is 0.640. The number of cyclic esters (lactones) is 1. The third-order valence-electron chi connectivity index (χ3n) is 4.05. The number of carbonyl (C=O) groups is 3. The summed E-state index contributed by atoms with van der Waals surface area (Å²) < 4.78 is 10.4. The summed E-state index contributed by atoms with van der Waals surface area (Å²) in [5.41, 5.74) is 6.57. The highest BCUT2D eigenvalue weighted by atomic mass is 16.6. The average molecular weight is 333 g/mol. The molecule has 2 fully saturated rings. The molecular formula is C16H19N3O5. The van der Waals surface area contributed by atoms with E-state index in [0.29, 0.717) is 31.8 Å². The van der Waals surface area contributed by atoms with Crippen molar-refractivity contribution in [3.63, 3.8) is 0 Å². The first-order valence-corrected chi connectivity index (χ1v) is 7.79. The second-order valence-corrected chi connectivity index (χ2v) is 5.74. The summed E-state index contributed by atoms with van der Waals surface area (Å²) in [6.45, 7) is 1.48. The first-order valence-electron chi connectivity index (χ1n) is 7.79. The van der Waals surface area contributed by atoms with Gasteiger partial charge in [-0.25, -0.2) is 4.79 Å². The van der Waals surface area contributed by atoms with E-state index in [0.717, 1.165) is 5.69 Å². The van der Waals surface area contributed by atoms with Crippen LogP contribution >= 0.6 is 0 Å². The van der Waals surface area contributed by atoms with Crippen molar-refractivity contribution in [3.05, 3.63) is 24.3 Å². The third kappa shape index (κ3) is 3.48. The molecule has 8 heteroatoms. The first kappa shape index (κ1) is 16.3. The van der Waals surface area contributed by atoms with Crippen LogP contribution in [0.25, 0.3) is 0 Å². The van der Waals surface area contributed by atoms with Crippen molar-refractivity contribution >= 4 is 29.3 Å². The Morgan fingerprint density at radius 2 is 1.83 bits per heavy atom. The highest BCUT2D eigenvalue weighted by Crippen LogP contribution is 2.26. The summed E-state index contributed by atoms with van der Waals surface area (Å²) in [7, 11) is 0. The summed E-state index contributed by atoms with van der Waals surface area (Å²) in [4.78, 5) is 37.8. The molecule has 1 unspecified atom stereocenters. The van der Waals surface area contributed by atoms with Crippen LogP contribution in [0, 0.1) is 0 Å². The average Bonchev–Trinajstić information content (AvgIpc) is 2.94. The van der Waals surface area contributed by atoms with Gasteiger partial charge < -0.3 is 20.1 Å². The lowest BCUT2D eigenvalue weighted by atomic mass is 10.2. The Hall–Kier alpha value is -2.61. The lowest BCUT2D eigenvalue weighted by molar-refractivity contribution is -0.125. The highest BCUT2D eigenvalue weighted by molar-refractivity contribution is 5.95. The molecule has 8 nitrogen and oxygen atoms in total.